The SMILES string of the molecule is C=Cc1cccc(C(C(=O)NCc2ccccc2)N(C(=O)C(Cc2ccc(O)cc2)NC(=O)OC(C)(C)C)C(C)CC)c1. The zero-order valence-corrected chi connectivity index (χ0v) is 25.7. The lowest BCUT2D eigenvalue weighted by Crippen LogP contribution is -2.56. The first kappa shape index (κ1) is 32.9. The van der Waals surface area contributed by atoms with E-state index in [2.05, 4.69) is 17.2 Å². The molecule has 3 aromatic rings. The molecular formula is C35H43N3O5. The molecule has 8 nitrogen and oxygen atoms in total. The molecule has 8 heteroatoms. The van der Waals surface area contributed by atoms with Gasteiger partial charge < -0.3 is 25.4 Å². The molecule has 43 heavy (non-hydrogen) atoms. The number of carbonyl (C=O) groups excluding carboxylic acids is 3. The molecule has 3 unspecified atom stereocenters. The molecule has 0 radical (unpaired) electrons. The first-order chi connectivity index (χ1) is 20.4. The summed E-state index contributed by atoms with van der Waals surface area (Å²) in [5.41, 5.74) is 2.29. The summed E-state index contributed by atoms with van der Waals surface area (Å²) in [5, 5.41) is 15.6. The van der Waals surface area contributed by atoms with Crippen LogP contribution in [0.1, 0.15) is 69.3 Å². The van der Waals surface area contributed by atoms with Crippen LogP contribution in [0.5, 0.6) is 5.75 Å². The van der Waals surface area contributed by atoms with E-state index in [0.29, 0.717) is 12.0 Å². The first-order valence-electron chi connectivity index (χ1n) is 14.6. The Morgan fingerprint density at radius 3 is 2.26 bits per heavy atom. The normalized spacial score (nSPS) is 13.2. The average molecular weight is 586 g/mol. The minimum absolute atomic E-state index is 0.0882. The summed E-state index contributed by atoms with van der Waals surface area (Å²) >= 11 is 0. The molecule has 0 aliphatic rings. The van der Waals surface area contributed by atoms with E-state index in [0.717, 1.165) is 16.7 Å². The second-order valence-electron chi connectivity index (χ2n) is 11.6. The van der Waals surface area contributed by atoms with Gasteiger partial charge in [-0.15, -0.1) is 0 Å². The van der Waals surface area contributed by atoms with Gasteiger partial charge in [-0.1, -0.05) is 80.2 Å². The topological polar surface area (TPSA) is 108 Å². The van der Waals surface area contributed by atoms with Gasteiger partial charge in [0, 0.05) is 19.0 Å². The summed E-state index contributed by atoms with van der Waals surface area (Å²) in [6.07, 6.45) is 1.63. The van der Waals surface area contributed by atoms with E-state index in [1.807, 2.05) is 68.4 Å². The Morgan fingerprint density at radius 1 is 0.977 bits per heavy atom. The van der Waals surface area contributed by atoms with Gasteiger partial charge in [0.1, 0.15) is 23.4 Å². The van der Waals surface area contributed by atoms with Crippen molar-refractivity contribution in [3.05, 3.63) is 108 Å². The zero-order chi connectivity index (χ0) is 31.6. The number of alkyl carbamates (subject to hydrolysis) is 1. The molecule has 0 heterocycles. The van der Waals surface area contributed by atoms with Crippen molar-refractivity contribution in [1.82, 2.24) is 15.5 Å². The summed E-state index contributed by atoms with van der Waals surface area (Å²) < 4.78 is 5.50. The van der Waals surface area contributed by atoms with Crippen molar-refractivity contribution < 1.29 is 24.2 Å². The van der Waals surface area contributed by atoms with Crippen molar-refractivity contribution in [3.63, 3.8) is 0 Å². The number of carbonyl (C=O) groups is 3. The van der Waals surface area contributed by atoms with Crippen LogP contribution in [-0.4, -0.2) is 45.6 Å². The highest BCUT2D eigenvalue weighted by Gasteiger charge is 2.38. The summed E-state index contributed by atoms with van der Waals surface area (Å²) in [6, 6.07) is 20.9. The number of nitrogens with zero attached hydrogens (tertiary/aromatic N) is 1. The maximum absolute atomic E-state index is 14.6. The van der Waals surface area contributed by atoms with Crippen molar-refractivity contribution in [2.45, 2.75) is 77.7 Å². The predicted octanol–water partition coefficient (Wildman–Crippen LogP) is 6.16. The van der Waals surface area contributed by atoms with Crippen molar-refractivity contribution in [2.24, 2.45) is 0 Å². The summed E-state index contributed by atoms with van der Waals surface area (Å²) in [4.78, 5) is 43.1. The van der Waals surface area contributed by atoms with Gasteiger partial charge in [0.25, 0.3) is 0 Å². The average Bonchev–Trinajstić information content (AvgIpc) is 2.98. The molecule has 3 N–H and O–H groups in total. The van der Waals surface area contributed by atoms with Crippen molar-refractivity contribution in [1.29, 1.82) is 0 Å². The minimum atomic E-state index is -1.06. The van der Waals surface area contributed by atoms with Crippen LogP contribution in [0, 0.1) is 0 Å². The van der Waals surface area contributed by atoms with Gasteiger partial charge >= 0.3 is 6.09 Å². The van der Waals surface area contributed by atoms with Gasteiger partial charge in [0.2, 0.25) is 11.8 Å². The Bertz CT molecular complexity index is 1380. The number of hydrogen-bond donors (Lipinski definition) is 3. The van der Waals surface area contributed by atoms with E-state index in [1.54, 1.807) is 43.9 Å². The minimum Gasteiger partial charge on any atom is -0.508 e. The monoisotopic (exact) mass is 585 g/mol. The fourth-order valence-electron chi connectivity index (χ4n) is 4.67. The zero-order valence-electron chi connectivity index (χ0n) is 25.7. The van der Waals surface area contributed by atoms with Crippen LogP contribution in [0.25, 0.3) is 6.08 Å². The van der Waals surface area contributed by atoms with E-state index in [1.165, 1.54) is 12.1 Å². The Hall–Kier alpha value is -4.59. The smallest absolute Gasteiger partial charge is 0.408 e. The van der Waals surface area contributed by atoms with Crippen LogP contribution in [-0.2, 0) is 27.3 Å². The number of hydrogen-bond acceptors (Lipinski definition) is 5. The highest BCUT2D eigenvalue weighted by Crippen LogP contribution is 2.28. The number of aromatic hydroxyl groups is 1. The van der Waals surface area contributed by atoms with E-state index >= 15 is 0 Å². The molecule has 0 aliphatic carbocycles. The molecule has 228 valence electrons. The quantitative estimate of drug-likeness (QED) is 0.236. The second-order valence-corrected chi connectivity index (χ2v) is 11.6. The van der Waals surface area contributed by atoms with E-state index in [9.17, 15) is 19.5 Å². The first-order valence-corrected chi connectivity index (χ1v) is 14.6. The number of phenols is 1. The number of phenolic OH excluding ortho intramolecular Hbond substituents is 1. The fraction of sp³-hybridized carbons (Fsp3) is 0.343. The van der Waals surface area contributed by atoms with Crippen LogP contribution in [0.3, 0.4) is 0 Å². The van der Waals surface area contributed by atoms with Gasteiger partial charge in [-0.2, -0.15) is 0 Å². The van der Waals surface area contributed by atoms with E-state index < -0.39 is 29.7 Å². The molecule has 0 spiro atoms. The third-order valence-corrected chi connectivity index (χ3v) is 6.98. The summed E-state index contributed by atoms with van der Waals surface area (Å²) in [5.74, 6) is -0.693. The van der Waals surface area contributed by atoms with Crippen LogP contribution >= 0.6 is 0 Å². The molecule has 0 aromatic heterocycles. The van der Waals surface area contributed by atoms with Crippen molar-refractivity contribution >= 4 is 24.0 Å². The summed E-state index contributed by atoms with van der Waals surface area (Å²) in [7, 11) is 0. The third-order valence-electron chi connectivity index (χ3n) is 6.98. The van der Waals surface area contributed by atoms with E-state index in [-0.39, 0.29) is 30.7 Å². The molecule has 0 fully saturated rings. The lowest BCUT2D eigenvalue weighted by Gasteiger charge is -2.38. The lowest BCUT2D eigenvalue weighted by atomic mass is 9.96. The van der Waals surface area contributed by atoms with Gasteiger partial charge in [-0.25, -0.2) is 4.79 Å². The molecule has 0 saturated carbocycles. The third kappa shape index (κ3) is 9.74. The molecule has 3 amide bonds. The molecular weight excluding hydrogens is 542 g/mol. The molecule has 0 bridgehead atoms. The van der Waals surface area contributed by atoms with Crippen molar-refractivity contribution in [2.75, 3.05) is 0 Å². The second kappa shape index (κ2) is 15.0. The largest absolute Gasteiger partial charge is 0.508 e. The Labute approximate surface area is 254 Å². The van der Waals surface area contributed by atoms with Gasteiger partial charge in [0.15, 0.2) is 0 Å². The predicted molar refractivity (Wildman–Crippen MR) is 169 cm³/mol. The van der Waals surface area contributed by atoms with Gasteiger partial charge in [-0.05, 0) is 74.6 Å². The fourth-order valence-corrected chi connectivity index (χ4v) is 4.67. The molecule has 3 aromatic carbocycles. The van der Waals surface area contributed by atoms with Gasteiger partial charge in [0.05, 0.1) is 0 Å². The van der Waals surface area contributed by atoms with Crippen LogP contribution < -0.4 is 10.6 Å². The molecule has 3 rings (SSSR count). The maximum atomic E-state index is 14.6. The number of rotatable bonds is 12. The number of ether oxygens (including phenoxy) is 1. The number of nitrogens with one attached hydrogen (secondary N) is 2. The number of benzene rings is 3. The highest BCUT2D eigenvalue weighted by molar-refractivity contribution is 5.92. The van der Waals surface area contributed by atoms with Crippen LogP contribution in [0.4, 0.5) is 4.79 Å². The summed E-state index contributed by atoms with van der Waals surface area (Å²) in [6.45, 7) is 13.2. The van der Waals surface area contributed by atoms with Crippen LogP contribution in [0.2, 0.25) is 0 Å². The Balaban J connectivity index is 2.06. The molecule has 0 saturated heterocycles. The molecule has 0 aliphatic heterocycles. The van der Waals surface area contributed by atoms with Crippen LogP contribution in [0.15, 0.2) is 85.4 Å². The highest BCUT2D eigenvalue weighted by atomic mass is 16.6. The maximum Gasteiger partial charge on any atom is 0.408 e. The number of amides is 3. The van der Waals surface area contributed by atoms with Gasteiger partial charge in [-0.3, -0.25) is 9.59 Å². The van der Waals surface area contributed by atoms with Crippen molar-refractivity contribution in [3.8, 4) is 5.75 Å². The molecule has 3 atom stereocenters. The lowest BCUT2D eigenvalue weighted by molar-refractivity contribution is -0.145. The van der Waals surface area contributed by atoms with E-state index in [4.69, 9.17) is 4.74 Å². The Kier molecular flexibility index (Phi) is 11.5. The standard InChI is InChI=1S/C35H43N3O5/c1-7-24(3)38(33(41)30(37-34(42)43-35(4,5)6)22-26-17-19-29(39)20-18-26)31(28-16-12-15-25(8-2)21-28)32(40)36-23-27-13-10-9-11-14-27/h8-21,24,30-31,39H,2,7,22-23H2,1,3-6H3,(H,36,40)(H,37,42). The Morgan fingerprint density at radius 2 is 1.65 bits per heavy atom.